The molecule has 0 heterocycles. The highest BCUT2D eigenvalue weighted by Gasteiger charge is 2.16. The number of hydrogen-bond donors (Lipinski definition) is 2. The van der Waals surface area contributed by atoms with Crippen molar-refractivity contribution in [3.05, 3.63) is 101 Å². The van der Waals surface area contributed by atoms with Crippen LogP contribution in [-0.2, 0) is 16.2 Å². The fraction of sp³-hybridized carbons (Fsp3) is 0.167. The second-order valence-corrected chi connectivity index (χ2v) is 8.65. The standard InChI is InChI=1S/C30H29N3O4/c1-19-9-7-10-20(2)28(19)31-29(34)30(35)33-32-21(3)23-15-16-26(27(17-23)36-4)37-18-24-13-8-12-22-11-5-6-14-25(22)24/h5-17H,18H2,1-4H3,(H,31,34)(H,33,35)/b32-21+. The molecular formula is C30H29N3O4. The molecule has 0 radical (unpaired) electrons. The van der Waals surface area contributed by atoms with Gasteiger partial charge in [-0.05, 0) is 66.4 Å². The van der Waals surface area contributed by atoms with Gasteiger partial charge in [0.1, 0.15) is 6.61 Å². The van der Waals surface area contributed by atoms with Crippen molar-refractivity contribution in [2.24, 2.45) is 5.10 Å². The number of benzene rings is 4. The Morgan fingerprint density at radius 2 is 1.54 bits per heavy atom. The van der Waals surface area contributed by atoms with Gasteiger partial charge in [0.05, 0.1) is 12.8 Å². The smallest absolute Gasteiger partial charge is 0.329 e. The number of anilines is 1. The van der Waals surface area contributed by atoms with Crippen molar-refractivity contribution in [3.63, 3.8) is 0 Å². The van der Waals surface area contributed by atoms with Gasteiger partial charge in [-0.2, -0.15) is 5.10 Å². The van der Waals surface area contributed by atoms with Gasteiger partial charge >= 0.3 is 11.8 Å². The lowest BCUT2D eigenvalue weighted by molar-refractivity contribution is -0.136. The largest absolute Gasteiger partial charge is 0.493 e. The molecule has 4 aromatic carbocycles. The Kier molecular flexibility index (Phi) is 7.83. The fourth-order valence-corrected chi connectivity index (χ4v) is 4.02. The lowest BCUT2D eigenvalue weighted by atomic mass is 10.1. The molecule has 0 fully saturated rings. The molecule has 0 atom stereocenters. The zero-order chi connectivity index (χ0) is 26.4. The summed E-state index contributed by atoms with van der Waals surface area (Å²) in [5.74, 6) is -0.525. The second-order valence-electron chi connectivity index (χ2n) is 8.65. The Hall–Kier alpha value is -4.65. The Bertz CT molecular complexity index is 1470. The molecule has 0 aromatic heterocycles. The Balaban J connectivity index is 1.42. The number of hydrazone groups is 1. The molecule has 0 aliphatic heterocycles. The van der Waals surface area contributed by atoms with Gasteiger partial charge < -0.3 is 14.8 Å². The number of nitrogens with one attached hydrogen (secondary N) is 2. The molecule has 4 rings (SSSR count). The van der Waals surface area contributed by atoms with Crippen LogP contribution in [0.1, 0.15) is 29.2 Å². The predicted molar refractivity (Wildman–Crippen MR) is 146 cm³/mol. The van der Waals surface area contributed by atoms with Gasteiger partial charge in [-0.1, -0.05) is 60.7 Å². The first-order valence-electron chi connectivity index (χ1n) is 11.9. The van der Waals surface area contributed by atoms with E-state index in [0.29, 0.717) is 35.1 Å². The topological polar surface area (TPSA) is 89.0 Å². The number of carbonyl (C=O) groups excluding carboxylic acids is 2. The van der Waals surface area contributed by atoms with Crippen LogP contribution in [0.3, 0.4) is 0 Å². The molecule has 188 valence electrons. The third-order valence-corrected chi connectivity index (χ3v) is 6.10. The molecule has 2 N–H and O–H groups in total. The maximum atomic E-state index is 12.4. The molecule has 0 saturated heterocycles. The zero-order valence-electron chi connectivity index (χ0n) is 21.3. The first-order chi connectivity index (χ1) is 17.9. The molecule has 4 aromatic rings. The van der Waals surface area contributed by atoms with Gasteiger partial charge in [-0.15, -0.1) is 0 Å². The Morgan fingerprint density at radius 3 is 2.30 bits per heavy atom. The summed E-state index contributed by atoms with van der Waals surface area (Å²) in [7, 11) is 1.57. The van der Waals surface area contributed by atoms with E-state index in [2.05, 4.69) is 34.0 Å². The van der Waals surface area contributed by atoms with E-state index in [0.717, 1.165) is 27.5 Å². The number of para-hydroxylation sites is 1. The number of rotatable bonds is 7. The van der Waals surface area contributed by atoms with Crippen LogP contribution in [0.4, 0.5) is 5.69 Å². The number of aryl methyl sites for hydroxylation is 2. The monoisotopic (exact) mass is 495 g/mol. The summed E-state index contributed by atoms with van der Waals surface area (Å²) in [6, 6.07) is 25.3. The van der Waals surface area contributed by atoms with Crippen molar-refractivity contribution in [3.8, 4) is 11.5 Å². The van der Waals surface area contributed by atoms with Crippen molar-refractivity contribution >= 4 is 34.0 Å². The minimum atomic E-state index is -0.857. The highest BCUT2D eigenvalue weighted by atomic mass is 16.5. The minimum absolute atomic E-state index is 0.385. The molecule has 0 spiro atoms. The van der Waals surface area contributed by atoms with Crippen molar-refractivity contribution in [2.75, 3.05) is 12.4 Å². The van der Waals surface area contributed by atoms with E-state index in [1.807, 2.05) is 62.4 Å². The minimum Gasteiger partial charge on any atom is -0.493 e. The summed E-state index contributed by atoms with van der Waals surface area (Å²) >= 11 is 0. The zero-order valence-corrected chi connectivity index (χ0v) is 21.3. The molecule has 37 heavy (non-hydrogen) atoms. The number of ether oxygens (including phenoxy) is 2. The normalized spacial score (nSPS) is 11.2. The third-order valence-electron chi connectivity index (χ3n) is 6.10. The average molecular weight is 496 g/mol. The Labute approximate surface area is 216 Å². The lowest BCUT2D eigenvalue weighted by Gasteiger charge is -2.13. The molecular weight excluding hydrogens is 466 g/mol. The van der Waals surface area contributed by atoms with E-state index < -0.39 is 11.8 Å². The van der Waals surface area contributed by atoms with E-state index in [1.54, 1.807) is 26.2 Å². The van der Waals surface area contributed by atoms with E-state index in [9.17, 15) is 9.59 Å². The van der Waals surface area contributed by atoms with Crippen molar-refractivity contribution in [1.82, 2.24) is 5.43 Å². The van der Waals surface area contributed by atoms with Gasteiger partial charge in [0.15, 0.2) is 11.5 Å². The van der Waals surface area contributed by atoms with Crippen LogP contribution in [0.15, 0.2) is 84.0 Å². The number of carbonyl (C=O) groups is 2. The molecule has 2 amide bonds. The number of nitrogens with zero attached hydrogens (tertiary/aromatic N) is 1. The molecule has 0 aliphatic rings. The van der Waals surface area contributed by atoms with Gasteiger partial charge in [0, 0.05) is 11.3 Å². The molecule has 0 bridgehead atoms. The first-order valence-corrected chi connectivity index (χ1v) is 11.9. The lowest BCUT2D eigenvalue weighted by Crippen LogP contribution is -2.33. The maximum Gasteiger partial charge on any atom is 0.329 e. The number of fused-ring (bicyclic) bond motifs is 1. The Morgan fingerprint density at radius 1 is 0.838 bits per heavy atom. The molecule has 7 nitrogen and oxygen atoms in total. The van der Waals surface area contributed by atoms with Crippen LogP contribution in [-0.4, -0.2) is 24.6 Å². The summed E-state index contributed by atoms with van der Waals surface area (Å²) in [6.07, 6.45) is 0. The van der Waals surface area contributed by atoms with Crippen LogP contribution in [0.25, 0.3) is 10.8 Å². The molecule has 7 heteroatoms. The van der Waals surface area contributed by atoms with Crippen LogP contribution in [0, 0.1) is 13.8 Å². The molecule has 0 aliphatic carbocycles. The predicted octanol–water partition coefficient (Wildman–Crippen LogP) is 5.52. The van der Waals surface area contributed by atoms with Crippen LogP contribution in [0.2, 0.25) is 0 Å². The average Bonchev–Trinajstić information content (AvgIpc) is 2.92. The fourth-order valence-electron chi connectivity index (χ4n) is 4.02. The maximum absolute atomic E-state index is 12.4. The van der Waals surface area contributed by atoms with Crippen molar-refractivity contribution in [2.45, 2.75) is 27.4 Å². The van der Waals surface area contributed by atoms with Gasteiger partial charge in [-0.3, -0.25) is 9.59 Å². The second kappa shape index (κ2) is 11.4. The van der Waals surface area contributed by atoms with Crippen LogP contribution in [0.5, 0.6) is 11.5 Å². The van der Waals surface area contributed by atoms with Crippen molar-refractivity contribution < 1.29 is 19.1 Å². The summed E-state index contributed by atoms with van der Waals surface area (Å²) in [5, 5.41) is 9.04. The summed E-state index contributed by atoms with van der Waals surface area (Å²) in [5.41, 5.74) is 6.97. The molecule has 0 saturated carbocycles. The van der Waals surface area contributed by atoms with Gasteiger partial charge in [0.2, 0.25) is 0 Å². The van der Waals surface area contributed by atoms with E-state index in [-0.39, 0.29) is 0 Å². The first kappa shape index (κ1) is 25.4. The summed E-state index contributed by atoms with van der Waals surface area (Å²) in [6.45, 7) is 5.85. The summed E-state index contributed by atoms with van der Waals surface area (Å²) < 4.78 is 11.6. The number of amides is 2. The van der Waals surface area contributed by atoms with E-state index >= 15 is 0 Å². The van der Waals surface area contributed by atoms with Gasteiger partial charge in [-0.25, -0.2) is 5.43 Å². The van der Waals surface area contributed by atoms with Crippen molar-refractivity contribution in [1.29, 1.82) is 0 Å². The van der Waals surface area contributed by atoms with E-state index in [4.69, 9.17) is 9.47 Å². The molecule has 0 unspecified atom stereocenters. The number of methoxy groups -OCH3 is 1. The van der Waals surface area contributed by atoms with Crippen LogP contribution >= 0.6 is 0 Å². The quantitative estimate of drug-likeness (QED) is 0.201. The van der Waals surface area contributed by atoms with Gasteiger partial charge in [0.25, 0.3) is 0 Å². The number of hydrogen-bond acceptors (Lipinski definition) is 5. The summed E-state index contributed by atoms with van der Waals surface area (Å²) in [4.78, 5) is 24.7. The highest BCUT2D eigenvalue weighted by molar-refractivity contribution is 6.39. The van der Waals surface area contributed by atoms with E-state index in [1.165, 1.54) is 0 Å². The highest BCUT2D eigenvalue weighted by Crippen LogP contribution is 2.30. The third kappa shape index (κ3) is 5.95. The SMILES string of the molecule is COc1cc(/C(C)=N/NC(=O)C(=O)Nc2c(C)cccc2C)ccc1OCc1cccc2ccccc12. The van der Waals surface area contributed by atoms with Crippen LogP contribution < -0.4 is 20.2 Å².